The third-order valence-corrected chi connectivity index (χ3v) is 3.99. The molecule has 112 valence electrons. The lowest BCUT2D eigenvalue weighted by Crippen LogP contribution is -2.34. The SMILES string of the molecule is COCCN(Cc1cccs1)C(=O)c1ccn(C)c(=O)c1. The molecule has 2 rings (SSSR count). The Balaban J connectivity index is 2.20. The van der Waals surface area contributed by atoms with Crippen LogP contribution >= 0.6 is 11.3 Å². The normalized spacial score (nSPS) is 10.6. The standard InChI is InChI=1S/C15H18N2O3S/c1-16-6-5-12(10-14(16)18)15(19)17(7-8-20-2)11-13-4-3-9-21-13/h3-6,9-10H,7-8,11H2,1-2H3. The molecule has 21 heavy (non-hydrogen) atoms. The number of amides is 1. The molecule has 0 atom stereocenters. The topological polar surface area (TPSA) is 51.5 Å². The van der Waals surface area contributed by atoms with E-state index in [2.05, 4.69) is 0 Å². The van der Waals surface area contributed by atoms with Crippen LogP contribution in [0.4, 0.5) is 0 Å². The second-order valence-electron chi connectivity index (χ2n) is 4.66. The minimum atomic E-state index is -0.191. The van der Waals surface area contributed by atoms with Crippen molar-refractivity contribution in [2.45, 2.75) is 6.54 Å². The highest BCUT2D eigenvalue weighted by molar-refractivity contribution is 7.09. The number of methoxy groups -OCH3 is 1. The lowest BCUT2D eigenvalue weighted by atomic mass is 10.2. The smallest absolute Gasteiger partial charge is 0.254 e. The summed E-state index contributed by atoms with van der Waals surface area (Å²) in [6, 6.07) is 6.98. The summed E-state index contributed by atoms with van der Waals surface area (Å²) in [4.78, 5) is 27.0. The molecule has 0 spiro atoms. The van der Waals surface area contributed by atoms with E-state index in [4.69, 9.17) is 4.74 Å². The first-order chi connectivity index (χ1) is 10.1. The highest BCUT2D eigenvalue weighted by atomic mass is 32.1. The Kier molecular flexibility index (Phi) is 5.30. The molecule has 0 saturated heterocycles. The number of aromatic nitrogens is 1. The van der Waals surface area contributed by atoms with Crippen LogP contribution in [0.3, 0.4) is 0 Å². The number of carbonyl (C=O) groups is 1. The first-order valence-electron chi connectivity index (χ1n) is 6.59. The van der Waals surface area contributed by atoms with Crippen molar-refractivity contribution in [3.63, 3.8) is 0 Å². The molecule has 0 aliphatic heterocycles. The Hall–Kier alpha value is -1.92. The second-order valence-corrected chi connectivity index (χ2v) is 5.70. The molecule has 0 radical (unpaired) electrons. The number of rotatable bonds is 6. The van der Waals surface area contributed by atoms with Gasteiger partial charge in [-0.1, -0.05) is 6.07 Å². The molecule has 0 bridgehead atoms. The minimum absolute atomic E-state index is 0.154. The molecule has 0 aliphatic rings. The second kappa shape index (κ2) is 7.19. The van der Waals surface area contributed by atoms with Gasteiger partial charge in [0.1, 0.15) is 0 Å². The van der Waals surface area contributed by atoms with Gasteiger partial charge in [0.25, 0.3) is 11.5 Å². The third-order valence-electron chi connectivity index (χ3n) is 3.13. The molecular formula is C15H18N2O3S. The van der Waals surface area contributed by atoms with Gasteiger partial charge in [-0.25, -0.2) is 0 Å². The Labute approximate surface area is 127 Å². The van der Waals surface area contributed by atoms with E-state index in [-0.39, 0.29) is 11.5 Å². The lowest BCUT2D eigenvalue weighted by Gasteiger charge is -2.22. The molecule has 0 saturated carbocycles. The van der Waals surface area contributed by atoms with E-state index in [0.717, 1.165) is 4.88 Å². The number of nitrogens with zero attached hydrogens (tertiary/aromatic N) is 2. The Morgan fingerprint density at radius 3 is 2.86 bits per heavy atom. The van der Waals surface area contributed by atoms with Crippen LogP contribution in [0.1, 0.15) is 15.2 Å². The van der Waals surface area contributed by atoms with Crippen LogP contribution in [0, 0.1) is 0 Å². The largest absolute Gasteiger partial charge is 0.383 e. The van der Waals surface area contributed by atoms with Gasteiger partial charge in [-0.15, -0.1) is 11.3 Å². The quantitative estimate of drug-likeness (QED) is 0.817. The number of thiophene rings is 1. The highest BCUT2D eigenvalue weighted by Crippen LogP contribution is 2.14. The average molecular weight is 306 g/mol. The summed E-state index contributed by atoms with van der Waals surface area (Å²) >= 11 is 1.60. The maximum Gasteiger partial charge on any atom is 0.254 e. The summed E-state index contributed by atoms with van der Waals surface area (Å²) in [5, 5.41) is 1.98. The third kappa shape index (κ3) is 4.03. The molecule has 1 amide bonds. The van der Waals surface area contributed by atoms with Gasteiger partial charge in [0, 0.05) is 43.4 Å². The number of hydrogen-bond donors (Lipinski definition) is 0. The Bertz CT molecular complexity index is 649. The number of hydrogen-bond acceptors (Lipinski definition) is 4. The first-order valence-corrected chi connectivity index (χ1v) is 7.47. The fourth-order valence-electron chi connectivity index (χ4n) is 1.91. The summed E-state index contributed by atoms with van der Waals surface area (Å²) < 4.78 is 6.50. The van der Waals surface area contributed by atoms with Crippen LogP contribution in [0.25, 0.3) is 0 Å². The van der Waals surface area contributed by atoms with Crippen LogP contribution in [-0.2, 0) is 18.3 Å². The molecule has 5 nitrogen and oxygen atoms in total. The minimum Gasteiger partial charge on any atom is -0.383 e. The van der Waals surface area contributed by atoms with Gasteiger partial charge in [0.2, 0.25) is 0 Å². The van der Waals surface area contributed by atoms with Crippen LogP contribution < -0.4 is 5.56 Å². The van der Waals surface area contributed by atoms with Gasteiger partial charge in [0.15, 0.2) is 0 Å². The number of carbonyl (C=O) groups excluding carboxylic acids is 1. The van der Waals surface area contributed by atoms with Crippen LogP contribution in [0.2, 0.25) is 0 Å². The molecule has 2 heterocycles. The van der Waals surface area contributed by atoms with Gasteiger partial charge >= 0.3 is 0 Å². The zero-order chi connectivity index (χ0) is 15.2. The van der Waals surface area contributed by atoms with Crippen molar-refractivity contribution < 1.29 is 9.53 Å². The maximum absolute atomic E-state index is 12.6. The molecule has 0 aromatic carbocycles. The summed E-state index contributed by atoms with van der Waals surface area (Å²) in [7, 11) is 3.26. The van der Waals surface area contributed by atoms with Crippen molar-refractivity contribution in [1.82, 2.24) is 9.47 Å². The number of pyridine rings is 1. The van der Waals surface area contributed by atoms with E-state index in [0.29, 0.717) is 25.3 Å². The van der Waals surface area contributed by atoms with E-state index in [1.54, 1.807) is 42.7 Å². The molecular weight excluding hydrogens is 288 g/mol. The molecule has 0 aliphatic carbocycles. The molecule has 2 aromatic rings. The van der Waals surface area contributed by atoms with Crippen molar-refractivity contribution in [2.75, 3.05) is 20.3 Å². The van der Waals surface area contributed by atoms with E-state index >= 15 is 0 Å². The van der Waals surface area contributed by atoms with Crippen molar-refractivity contribution in [2.24, 2.45) is 7.05 Å². The van der Waals surface area contributed by atoms with Gasteiger partial charge in [0.05, 0.1) is 13.2 Å². The first kappa shape index (κ1) is 15.5. The van der Waals surface area contributed by atoms with Crippen LogP contribution in [-0.4, -0.2) is 35.6 Å². The van der Waals surface area contributed by atoms with E-state index in [1.165, 1.54) is 10.6 Å². The van der Waals surface area contributed by atoms with Gasteiger partial charge < -0.3 is 14.2 Å². The number of ether oxygens (including phenoxy) is 1. The van der Waals surface area contributed by atoms with Crippen LogP contribution in [0.5, 0.6) is 0 Å². The molecule has 6 heteroatoms. The van der Waals surface area contributed by atoms with Crippen molar-refractivity contribution in [3.8, 4) is 0 Å². The van der Waals surface area contributed by atoms with Gasteiger partial charge in [-0.2, -0.15) is 0 Å². The Morgan fingerprint density at radius 2 is 2.24 bits per heavy atom. The zero-order valence-corrected chi connectivity index (χ0v) is 12.9. The Morgan fingerprint density at radius 1 is 1.43 bits per heavy atom. The lowest BCUT2D eigenvalue weighted by molar-refractivity contribution is 0.0682. The average Bonchev–Trinajstić information content (AvgIpc) is 2.98. The van der Waals surface area contributed by atoms with Crippen molar-refractivity contribution in [1.29, 1.82) is 0 Å². The van der Waals surface area contributed by atoms with E-state index in [1.807, 2.05) is 17.5 Å². The predicted octanol–water partition coefficient (Wildman–Crippen LogP) is 1.74. The fraction of sp³-hybridized carbons (Fsp3) is 0.333. The van der Waals surface area contributed by atoms with Gasteiger partial charge in [-0.05, 0) is 17.5 Å². The molecule has 2 aromatic heterocycles. The number of aryl methyl sites for hydroxylation is 1. The molecule has 0 fully saturated rings. The zero-order valence-electron chi connectivity index (χ0n) is 12.1. The summed E-state index contributed by atoms with van der Waals surface area (Å²) in [5.74, 6) is -0.154. The fourth-order valence-corrected chi connectivity index (χ4v) is 2.63. The van der Waals surface area contributed by atoms with Crippen molar-refractivity contribution >= 4 is 17.2 Å². The molecule has 0 N–H and O–H groups in total. The molecule has 0 unspecified atom stereocenters. The van der Waals surface area contributed by atoms with Gasteiger partial charge in [-0.3, -0.25) is 9.59 Å². The van der Waals surface area contributed by atoms with Crippen LogP contribution in [0.15, 0.2) is 40.6 Å². The van der Waals surface area contributed by atoms with E-state index in [9.17, 15) is 9.59 Å². The predicted molar refractivity (Wildman–Crippen MR) is 82.6 cm³/mol. The maximum atomic E-state index is 12.6. The summed E-state index contributed by atoms with van der Waals surface area (Å²) in [6.45, 7) is 1.47. The summed E-state index contributed by atoms with van der Waals surface area (Å²) in [6.07, 6.45) is 1.61. The highest BCUT2D eigenvalue weighted by Gasteiger charge is 2.17. The van der Waals surface area contributed by atoms with E-state index < -0.39 is 0 Å². The van der Waals surface area contributed by atoms with Crippen molar-refractivity contribution in [3.05, 3.63) is 56.6 Å². The monoisotopic (exact) mass is 306 g/mol. The summed E-state index contributed by atoms with van der Waals surface area (Å²) in [5.41, 5.74) is 0.217.